The van der Waals surface area contributed by atoms with Gasteiger partial charge >= 0.3 is 0 Å². The van der Waals surface area contributed by atoms with E-state index < -0.39 is 16.1 Å². The molecule has 2 N–H and O–H groups in total. The highest BCUT2D eigenvalue weighted by molar-refractivity contribution is 7.89. The monoisotopic (exact) mass is 370 g/mol. The highest BCUT2D eigenvalue weighted by Gasteiger charge is 2.18. The molecular weight excluding hydrogens is 340 g/mol. The van der Waals surface area contributed by atoms with Gasteiger partial charge < -0.3 is 10.1 Å². The average Bonchev–Trinajstić information content (AvgIpc) is 2.52. The first kappa shape index (κ1) is 21.4. The van der Waals surface area contributed by atoms with Crippen molar-refractivity contribution in [3.05, 3.63) is 24.3 Å². The summed E-state index contributed by atoms with van der Waals surface area (Å²) in [5.41, 5.74) is 0. The highest BCUT2D eigenvalue weighted by atomic mass is 32.2. The predicted octanol–water partition coefficient (Wildman–Crippen LogP) is 2.69. The third kappa shape index (κ3) is 7.44. The molecule has 25 heavy (non-hydrogen) atoms. The molecule has 0 fully saturated rings. The lowest BCUT2D eigenvalue weighted by molar-refractivity contribution is -0.127. The number of hydrogen-bond acceptors (Lipinski definition) is 4. The molecule has 0 heterocycles. The van der Waals surface area contributed by atoms with Crippen LogP contribution < -0.4 is 14.8 Å². The third-order valence-corrected chi connectivity index (χ3v) is 5.18. The van der Waals surface area contributed by atoms with Crippen LogP contribution in [0.15, 0.2) is 29.2 Å². The predicted molar refractivity (Wildman–Crippen MR) is 99.1 cm³/mol. The van der Waals surface area contributed by atoms with E-state index in [-0.39, 0.29) is 16.8 Å². The van der Waals surface area contributed by atoms with E-state index in [2.05, 4.69) is 10.0 Å². The number of nitrogens with one attached hydrogen (secondary N) is 2. The second-order valence-electron chi connectivity index (χ2n) is 6.68. The van der Waals surface area contributed by atoms with Crippen LogP contribution in [0.1, 0.15) is 47.5 Å². The number of carbonyl (C=O) groups excluding carboxylic acids is 1. The van der Waals surface area contributed by atoms with Crippen LogP contribution in [-0.2, 0) is 14.8 Å². The molecule has 0 aromatic heterocycles. The maximum absolute atomic E-state index is 12.3. The van der Waals surface area contributed by atoms with Crippen LogP contribution in [0.2, 0.25) is 0 Å². The maximum atomic E-state index is 12.3. The summed E-state index contributed by atoms with van der Waals surface area (Å²) in [6.45, 7) is 10.1. The number of hydrogen-bond donors (Lipinski definition) is 2. The summed E-state index contributed by atoms with van der Waals surface area (Å²) in [6.07, 6.45) is 1.04. The standard InChI is InChI=1S/C18H30N2O4S/c1-6-7-14(4)20-25(22,23)17-10-8-16(9-11-17)24-15(5)18(21)19-12-13(2)3/h8-11,13-15,20H,6-7,12H2,1-5H3,(H,19,21)/t14-,15-/m1/s1. The molecule has 6 nitrogen and oxygen atoms in total. The zero-order chi connectivity index (χ0) is 19.0. The molecule has 2 atom stereocenters. The Hall–Kier alpha value is -1.60. The van der Waals surface area contributed by atoms with Crippen molar-refractivity contribution in [3.8, 4) is 5.75 Å². The fourth-order valence-corrected chi connectivity index (χ4v) is 3.51. The fourth-order valence-electron chi connectivity index (χ4n) is 2.23. The van der Waals surface area contributed by atoms with Crippen LogP contribution in [0.5, 0.6) is 5.75 Å². The Morgan fingerprint density at radius 3 is 2.24 bits per heavy atom. The smallest absolute Gasteiger partial charge is 0.260 e. The number of carbonyl (C=O) groups is 1. The second kappa shape index (κ2) is 9.77. The van der Waals surface area contributed by atoms with Crippen molar-refractivity contribution in [2.75, 3.05) is 6.54 Å². The van der Waals surface area contributed by atoms with E-state index in [1.165, 1.54) is 12.1 Å². The zero-order valence-corrected chi connectivity index (χ0v) is 16.5. The van der Waals surface area contributed by atoms with Gasteiger partial charge in [0, 0.05) is 12.6 Å². The van der Waals surface area contributed by atoms with Gasteiger partial charge in [0.2, 0.25) is 10.0 Å². The van der Waals surface area contributed by atoms with Gasteiger partial charge in [-0.3, -0.25) is 4.79 Å². The van der Waals surface area contributed by atoms with Gasteiger partial charge in [0.15, 0.2) is 6.10 Å². The van der Waals surface area contributed by atoms with E-state index >= 15 is 0 Å². The number of benzene rings is 1. The molecule has 0 spiro atoms. The van der Waals surface area contributed by atoms with Gasteiger partial charge in [-0.05, 0) is 50.5 Å². The Balaban J connectivity index is 2.68. The first-order valence-corrected chi connectivity index (χ1v) is 10.2. The van der Waals surface area contributed by atoms with Gasteiger partial charge in [-0.25, -0.2) is 13.1 Å². The van der Waals surface area contributed by atoms with Gasteiger partial charge in [-0.2, -0.15) is 0 Å². The Morgan fingerprint density at radius 2 is 1.72 bits per heavy atom. The largest absolute Gasteiger partial charge is 0.481 e. The number of sulfonamides is 1. The molecular formula is C18H30N2O4S. The fraction of sp³-hybridized carbons (Fsp3) is 0.611. The van der Waals surface area contributed by atoms with Crippen molar-refractivity contribution in [1.82, 2.24) is 10.0 Å². The van der Waals surface area contributed by atoms with E-state index in [9.17, 15) is 13.2 Å². The molecule has 0 saturated heterocycles. The van der Waals surface area contributed by atoms with Crippen LogP contribution in [0.4, 0.5) is 0 Å². The van der Waals surface area contributed by atoms with Crippen LogP contribution in [-0.4, -0.2) is 33.0 Å². The molecule has 0 unspecified atom stereocenters. The Morgan fingerprint density at radius 1 is 1.12 bits per heavy atom. The van der Waals surface area contributed by atoms with E-state index in [1.54, 1.807) is 19.1 Å². The molecule has 142 valence electrons. The van der Waals surface area contributed by atoms with Gasteiger partial charge in [-0.1, -0.05) is 27.2 Å². The van der Waals surface area contributed by atoms with Crippen molar-refractivity contribution in [1.29, 1.82) is 0 Å². The van der Waals surface area contributed by atoms with Crippen molar-refractivity contribution < 1.29 is 17.9 Å². The molecule has 0 aliphatic heterocycles. The summed E-state index contributed by atoms with van der Waals surface area (Å²) in [4.78, 5) is 12.1. The normalized spacial score (nSPS) is 14.2. The first-order chi connectivity index (χ1) is 11.7. The molecule has 0 aliphatic rings. The lowest BCUT2D eigenvalue weighted by atomic mass is 10.2. The molecule has 1 aromatic carbocycles. The summed E-state index contributed by atoms with van der Waals surface area (Å²) >= 11 is 0. The molecule has 7 heteroatoms. The third-order valence-electron chi connectivity index (χ3n) is 3.58. The number of rotatable bonds is 10. The minimum atomic E-state index is -3.55. The van der Waals surface area contributed by atoms with E-state index in [1.807, 2.05) is 27.7 Å². The quantitative estimate of drug-likeness (QED) is 0.663. The molecule has 0 aliphatic carbocycles. The topological polar surface area (TPSA) is 84.5 Å². The first-order valence-electron chi connectivity index (χ1n) is 8.72. The SMILES string of the molecule is CCC[C@@H](C)NS(=O)(=O)c1ccc(O[C@H](C)C(=O)NCC(C)C)cc1. The van der Waals surface area contributed by atoms with E-state index in [4.69, 9.17) is 4.74 Å². The molecule has 0 radical (unpaired) electrons. The summed E-state index contributed by atoms with van der Waals surface area (Å²) in [5, 5.41) is 2.80. The molecule has 1 rings (SSSR count). The lowest BCUT2D eigenvalue weighted by Gasteiger charge is -2.16. The molecule has 1 amide bonds. The van der Waals surface area contributed by atoms with Gasteiger partial charge in [0.1, 0.15) is 5.75 Å². The van der Waals surface area contributed by atoms with Crippen molar-refractivity contribution in [3.63, 3.8) is 0 Å². The highest BCUT2D eigenvalue weighted by Crippen LogP contribution is 2.18. The van der Waals surface area contributed by atoms with Crippen molar-refractivity contribution in [2.24, 2.45) is 5.92 Å². The minimum Gasteiger partial charge on any atom is -0.481 e. The van der Waals surface area contributed by atoms with E-state index in [0.717, 1.165) is 12.8 Å². The number of ether oxygens (including phenoxy) is 1. The minimum absolute atomic E-state index is 0.115. The van der Waals surface area contributed by atoms with Crippen LogP contribution >= 0.6 is 0 Å². The Bertz CT molecular complexity index is 642. The lowest BCUT2D eigenvalue weighted by Crippen LogP contribution is -2.38. The van der Waals surface area contributed by atoms with Crippen LogP contribution in [0.3, 0.4) is 0 Å². The van der Waals surface area contributed by atoms with Gasteiger partial charge in [0.05, 0.1) is 4.90 Å². The van der Waals surface area contributed by atoms with Crippen LogP contribution in [0, 0.1) is 5.92 Å². The maximum Gasteiger partial charge on any atom is 0.260 e. The molecule has 0 saturated carbocycles. The molecule has 0 bridgehead atoms. The van der Waals surface area contributed by atoms with Crippen molar-refractivity contribution in [2.45, 2.75) is 64.5 Å². The zero-order valence-electron chi connectivity index (χ0n) is 15.7. The summed E-state index contributed by atoms with van der Waals surface area (Å²) in [6, 6.07) is 5.97. The Labute approximate surface area is 151 Å². The van der Waals surface area contributed by atoms with Gasteiger partial charge in [0.25, 0.3) is 5.91 Å². The van der Waals surface area contributed by atoms with Crippen molar-refractivity contribution >= 4 is 15.9 Å². The second-order valence-corrected chi connectivity index (χ2v) is 8.40. The summed E-state index contributed by atoms with van der Waals surface area (Å²) < 4.78 is 32.8. The average molecular weight is 371 g/mol. The van der Waals surface area contributed by atoms with Crippen LogP contribution in [0.25, 0.3) is 0 Å². The summed E-state index contributed by atoms with van der Waals surface area (Å²) in [7, 11) is -3.55. The number of amides is 1. The van der Waals surface area contributed by atoms with Gasteiger partial charge in [-0.15, -0.1) is 0 Å². The summed E-state index contributed by atoms with van der Waals surface area (Å²) in [5.74, 6) is 0.622. The molecule has 1 aromatic rings. The van der Waals surface area contributed by atoms with E-state index in [0.29, 0.717) is 18.2 Å². The Kier molecular flexibility index (Phi) is 8.38.